The molecule has 0 aliphatic carbocycles. The Labute approximate surface area is 56.8 Å². The summed E-state index contributed by atoms with van der Waals surface area (Å²) < 4.78 is 0. The lowest BCUT2D eigenvalue weighted by Gasteiger charge is -2.12. The molecule has 0 unspecified atom stereocenters. The summed E-state index contributed by atoms with van der Waals surface area (Å²) in [4.78, 5) is 10.4. The molecule has 0 aliphatic heterocycles. The molecule has 0 atom stereocenters. The number of nitrogens with two attached hydrogens (primary N) is 1. The molecule has 0 aliphatic rings. The first-order valence-electron chi connectivity index (χ1n) is 2.90. The lowest BCUT2D eigenvalue weighted by molar-refractivity contribution is -0.116. The van der Waals surface area contributed by atoms with Gasteiger partial charge in [-0.25, -0.2) is 0 Å². The minimum Gasteiger partial charge on any atom is -0.370 e. The molecule has 52 valence electrons. The average Bonchev–Trinajstić information content (AvgIpc) is 1.63. The zero-order valence-corrected chi connectivity index (χ0v) is 6.98. The molecule has 0 radical (unpaired) electrons. The molecule has 0 bridgehead atoms. The summed E-state index contributed by atoms with van der Waals surface area (Å²) in [6.07, 6.45) is 0. The van der Waals surface area contributed by atoms with E-state index in [1.165, 1.54) is 0 Å². The average molecular weight is 143 g/mol. The Morgan fingerprint density at radius 2 is 2.22 bits per heavy atom. The topological polar surface area (TPSA) is 43.1 Å². The maximum Gasteiger partial charge on any atom is 0.215 e. The van der Waals surface area contributed by atoms with Crippen LogP contribution < -0.4 is 5.73 Å². The number of carbonyl (C=O) groups is 1. The van der Waals surface area contributed by atoms with E-state index in [4.69, 9.17) is 5.73 Å². The van der Waals surface area contributed by atoms with Crippen molar-refractivity contribution in [1.82, 2.24) is 0 Å². The van der Waals surface area contributed by atoms with Gasteiger partial charge in [0.05, 0.1) is 8.07 Å². The molecule has 1 amide bonds. The molecule has 0 heterocycles. The lowest BCUT2D eigenvalue weighted by Crippen LogP contribution is -2.29. The molecule has 0 aromatic rings. The summed E-state index contributed by atoms with van der Waals surface area (Å²) in [5.41, 5.74) is 6.87. The summed E-state index contributed by atoms with van der Waals surface area (Å²) in [5.74, 6) is -0.216. The molecule has 0 saturated carbocycles. The molecular formula is C6H13NOSi. The van der Waals surface area contributed by atoms with E-state index in [9.17, 15) is 4.79 Å². The van der Waals surface area contributed by atoms with Crippen LogP contribution in [0.5, 0.6) is 0 Å². The molecule has 0 aromatic heterocycles. The van der Waals surface area contributed by atoms with E-state index in [-0.39, 0.29) is 5.91 Å². The third kappa shape index (κ3) is 3.97. The summed E-state index contributed by atoms with van der Waals surface area (Å²) in [6, 6.07) is 0.510. The predicted octanol–water partition coefficient (Wildman–Crippen LogP) is 0.905. The van der Waals surface area contributed by atoms with Crippen LogP contribution in [0.3, 0.4) is 0 Å². The Morgan fingerprint density at radius 3 is 2.33 bits per heavy atom. The summed E-state index contributed by atoms with van der Waals surface area (Å²) in [5, 5.41) is 0. The molecule has 2 nitrogen and oxygen atoms in total. The van der Waals surface area contributed by atoms with Gasteiger partial charge in [-0.05, 0) is 0 Å². The van der Waals surface area contributed by atoms with E-state index < -0.39 is 8.07 Å². The van der Waals surface area contributed by atoms with Gasteiger partial charge in [0.15, 0.2) is 0 Å². The molecule has 0 rings (SSSR count). The van der Waals surface area contributed by atoms with Gasteiger partial charge in [0.2, 0.25) is 5.91 Å². The zero-order chi connectivity index (χ0) is 7.49. The van der Waals surface area contributed by atoms with Crippen LogP contribution in [0.1, 0.15) is 0 Å². The first kappa shape index (κ1) is 8.43. The van der Waals surface area contributed by atoms with Crippen molar-refractivity contribution in [1.29, 1.82) is 0 Å². The molecule has 0 saturated heterocycles. The van der Waals surface area contributed by atoms with Crippen LogP contribution in [0, 0.1) is 0 Å². The molecule has 9 heavy (non-hydrogen) atoms. The molecular weight excluding hydrogens is 130 g/mol. The number of amides is 1. The van der Waals surface area contributed by atoms with Crippen molar-refractivity contribution in [3.05, 3.63) is 12.3 Å². The van der Waals surface area contributed by atoms with Crippen LogP contribution in [0.25, 0.3) is 0 Å². The van der Waals surface area contributed by atoms with Crippen molar-refractivity contribution in [3.8, 4) is 0 Å². The smallest absolute Gasteiger partial charge is 0.215 e. The second-order valence-corrected chi connectivity index (χ2v) is 7.57. The number of primary amides is 1. The van der Waals surface area contributed by atoms with Crippen molar-refractivity contribution < 1.29 is 4.79 Å². The minimum atomic E-state index is -1.45. The fourth-order valence-corrected chi connectivity index (χ4v) is 1.56. The largest absolute Gasteiger partial charge is 0.370 e. The highest BCUT2D eigenvalue weighted by atomic mass is 28.3. The first-order valence-corrected chi connectivity index (χ1v) is 6.18. The third-order valence-electron chi connectivity index (χ3n) is 1.18. The Morgan fingerprint density at radius 1 is 1.78 bits per heavy atom. The van der Waals surface area contributed by atoms with Crippen LogP contribution in [-0.2, 0) is 4.79 Å². The Balaban J connectivity index is 3.86. The predicted molar refractivity (Wildman–Crippen MR) is 41.7 cm³/mol. The van der Waals surface area contributed by atoms with Gasteiger partial charge in [-0.1, -0.05) is 13.1 Å². The fourth-order valence-electron chi connectivity index (χ4n) is 0.521. The van der Waals surface area contributed by atoms with Crippen LogP contribution in [0.4, 0.5) is 0 Å². The molecule has 2 N–H and O–H groups in total. The monoisotopic (exact) mass is 143 g/mol. The molecule has 3 heteroatoms. The van der Waals surface area contributed by atoms with E-state index in [1.807, 2.05) is 5.70 Å². The first-order chi connectivity index (χ1) is 3.98. The molecule has 0 aromatic carbocycles. The van der Waals surface area contributed by atoms with Gasteiger partial charge in [0, 0.05) is 6.04 Å². The van der Waals surface area contributed by atoms with Gasteiger partial charge in [0.1, 0.15) is 0 Å². The van der Waals surface area contributed by atoms with Gasteiger partial charge in [-0.15, -0.1) is 12.3 Å². The van der Waals surface area contributed by atoms with E-state index in [0.29, 0.717) is 6.04 Å². The van der Waals surface area contributed by atoms with Gasteiger partial charge < -0.3 is 5.73 Å². The van der Waals surface area contributed by atoms with E-state index >= 15 is 0 Å². The van der Waals surface area contributed by atoms with E-state index in [0.717, 1.165) is 0 Å². The van der Waals surface area contributed by atoms with Crippen molar-refractivity contribution in [3.63, 3.8) is 0 Å². The Hall–Kier alpha value is -0.573. The van der Waals surface area contributed by atoms with Crippen LogP contribution in [0.15, 0.2) is 12.3 Å². The number of carbonyl (C=O) groups excluding carboxylic acids is 1. The van der Waals surface area contributed by atoms with Gasteiger partial charge in [0.25, 0.3) is 0 Å². The normalized spacial score (nSPS) is 10.9. The zero-order valence-electron chi connectivity index (χ0n) is 5.98. The number of hydrogen-bond donors (Lipinski definition) is 1. The highest BCUT2D eigenvalue weighted by molar-refractivity contribution is 6.84. The lowest BCUT2D eigenvalue weighted by atomic mass is 10.8. The van der Waals surface area contributed by atoms with Crippen LogP contribution >= 0.6 is 0 Å². The van der Waals surface area contributed by atoms with Crippen LogP contribution in [-0.4, -0.2) is 14.0 Å². The maximum absolute atomic E-state index is 10.4. The molecule has 0 fully saturated rings. The second-order valence-electron chi connectivity index (χ2n) is 2.84. The SMILES string of the molecule is C=C[Si](C)(C)CC(N)=O. The quantitative estimate of drug-likeness (QED) is 0.586. The van der Waals surface area contributed by atoms with Gasteiger partial charge >= 0.3 is 0 Å². The van der Waals surface area contributed by atoms with Crippen LogP contribution in [0.2, 0.25) is 19.1 Å². The minimum absolute atomic E-state index is 0.216. The van der Waals surface area contributed by atoms with Gasteiger partial charge in [-0.2, -0.15) is 0 Å². The summed E-state index contributed by atoms with van der Waals surface area (Å²) in [6.45, 7) is 7.76. The standard InChI is InChI=1S/C6H13NOSi/c1-4-9(2,3)5-6(7)8/h4H,1,5H2,2-3H3,(H2,7,8). The maximum atomic E-state index is 10.4. The van der Waals surface area contributed by atoms with Crippen molar-refractivity contribution in [2.24, 2.45) is 5.73 Å². The number of hydrogen-bond acceptors (Lipinski definition) is 1. The summed E-state index contributed by atoms with van der Waals surface area (Å²) in [7, 11) is -1.45. The second kappa shape index (κ2) is 2.82. The Kier molecular flexibility index (Phi) is 2.64. The van der Waals surface area contributed by atoms with Crippen molar-refractivity contribution in [2.75, 3.05) is 0 Å². The van der Waals surface area contributed by atoms with E-state index in [1.54, 1.807) is 0 Å². The molecule has 0 spiro atoms. The fraction of sp³-hybridized carbons (Fsp3) is 0.500. The Bertz CT molecular complexity index is 131. The van der Waals surface area contributed by atoms with Gasteiger partial charge in [-0.3, -0.25) is 4.79 Å². The number of rotatable bonds is 3. The highest BCUT2D eigenvalue weighted by Gasteiger charge is 2.17. The van der Waals surface area contributed by atoms with Crippen molar-refractivity contribution >= 4 is 14.0 Å². The van der Waals surface area contributed by atoms with E-state index in [2.05, 4.69) is 19.7 Å². The highest BCUT2D eigenvalue weighted by Crippen LogP contribution is 2.07. The third-order valence-corrected chi connectivity index (χ3v) is 3.55. The summed E-state index contributed by atoms with van der Waals surface area (Å²) >= 11 is 0. The van der Waals surface area contributed by atoms with Crippen molar-refractivity contribution in [2.45, 2.75) is 19.1 Å².